The molecular weight excluding hydrogens is 430 g/mol. The average Bonchev–Trinajstić information content (AvgIpc) is 3.16. The van der Waals surface area contributed by atoms with Crippen molar-refractivity contribution >= 4 is 51.7 Å². The Kier molecular flexibility index (Phi) is 7.32. The minimum atomic E-state index is -1.17. The summed E-state index contributed by atoms with van der Waals surface area (Å²) < 4.78 is 0. The number of carboxylic acid groups (broad SMARTS) is 1. The maximum Gasteiger partial charge on any atom is 0.352 e. The first-order chi connectivity index (χ1) is 14.4. The normalized spacial score (nSPS) is 20.8. The quantitative estimate of drug-likeness (QED) is 0.208. The van der Waals surface area contributed by atoms with E-state index in [4.69, 9.17) is 10.6 Å². The van der Waals surface area contributed by atoms with E-state index in [1.165, 1.54) is 22.7 Å². The number of hydrogen-bond donors (Lipinski definition) is 3. The van der Waals surface area contributed by atoms with E-state index in [-0.39, 0.29) is 22.2 Å². The Bertz CT molecular complexity index is 884. The number of thiazole rings is 1. The van der Waals surface area contributed by atoms with Crippen LogP contribution < -0.4 is 11.1 Å². The highest BCUT2D eigenvalue weighted by Gasteiger charge is 2.53. The summed E-state index contributed by atoms with van der Waals surface area (Å²) in [5, 5.41) is 17.2. The van der Waals surface area contributed by atoms with Gasteiger partial charge in [-0.3, -0.25) is 14.5 Å². The Hall–Kier alpha value is -2.60. The Balaban J connectivity index is 1.67. The molecule has 1 aromatic heterocycles. The first-order valence-corrected chi connectivity index (χ1v) is 11.5. The zero-order valence-corrected chi connectivity index (χ0v) is 18.0. The zero-order valence-electron chi connectivity index (χ0n) is 16.4. The maximum atomic E-state index is 12.8. The molecule has 1 saturated heterocycles. The smallest absolute Gasteiger partial charge is 0.352 e. The predicted octanol–water partition coefficient (Wildman–Crippen LogP) is 1.39. The molecule has 2 atom stereocenters. The average molecular weight is 454 g/mol. The summed E-state index contributed by atoms with van der Waals surface area (Å²) in [7, 11) is 0. The summed E-state index contributed by atoms with van der Waals surface area (Å²) in [6, 6.07) is -0.851. The molecule has 10 nitrogen and oxygen atoms in total. The van der Waals surface area contributed by atoms with Gasteiger partial charge in [-0.05, 0) is 18.9 Å². The van der Waals surface area contributed by atoms with Crippen molar-refractivity contribution in [3.8, 4) is 0 Å². The Morgan fingerprint density at radius 1 is 1.43 bits per heavy atom. The van der Waals surface area contributed by atoms with Gasteiger partial charge in [-0.2, -0.15) is 0 Å². The number of aliphatic carboxylic acids is 1. The van der Waals surface area contributed by atoms with Gasteiger partial charge in [-0.15, -0.1) is 23.1 Å². The summed E-state index contributed by atoms with van der Waals surface area (Å²) in [5.41, 5.74) is 5.80. The molecule has 0 radical (unpaired) electrons. The van der Waals surface area contributed by atoms with Crippen molar-refractivity contribution in [2.75, 3.05) is 18.1 Å². The van der Waals surface area contributed by atoms with Gasteiger partial charge in [0.1, 0.15) is 29.4 Å². The van der Waals surface area contributed by atoms with Crippen LogP contribution in [-0.2, 0) is 19.2 Å². The SMILES string of the molecule is CCCCCCON=C(C(=O)NC1C(=O)N2C(C(=O)O)=CCS[C@@H]12)c1csc(N)n1. The van der Waals surface area contributed by atoms with E-state index >= 15 is 0 Å². The van der Waals surface area contributed by atoms with Crippen LogP contribution in [0, 0.1) is 0 Å². The van der Waals surface area contributed by atoms with Gasteiger partial charge in [-0.25, -0.2) is 9.78 Å². The Labute approximate surface area is 181 Å². The number of oxime groups is 1. The van der Waals surface area contributed by atoms with Crippen LogP contribution in [0.4, 0.5) is 5.13 Å². The Morgan fingerprint density at radius 3 is 2.90 bits per heavy atom. The van der Waals surface area contributed by atoms with E-state index in [0.29, 0.717) is 12.4 Å². The van der Waals surface area contributed by atoms with E-state index in [1.54, 1.807) is 5.38 Å². The number of β-lactam (4-membered cyclic amide) rings is 1. The highest BCUT2D eigenvalue weighted by atomic mass is 32.2. The molecule has 0 aromatic carbocycles. The van der Waals surface area contributed by atoms with Gasteiger partial charge in [-0.1, -0.05) is 24.9 Å². The number of hydrogen-bond acceptors (Lipinski definition) is 9. The number of unbranched alkanes of at least 4 members (excludes halogenated alkanes) is 3. The van der Waals surface area contributed by atoms with Crippen molar-refractivity contribution in [3.05, 3.63) is 22.8 Å². The summed E-state index contributed by atoms with van der Waals surface area (Å²) in [6.45, 7) is 2.47. The lowest BCUT2D eigenvalue weighted by molar-refractivity contribution is -0.150. The van der Waals surface area contributed by atoms with Crippen molar-refractivity contribution in [1.29, 1.82) is 0 Å². The number of carbonyl (C=O) groups is 3. The summed E-state index contributed by atoms with van der Waals surface area (Å²) in [5.74, 6) is -1.84. The molecule has 0 bridgehead atoms. The summed E-state index contributed by atoms with van der Waals surface area (Å²) in [4.78, 5) is 47.2. The molecule has 1 fully saturated rings. The molecule has 12 heteroatoms. The van der Waals surface area contributed by atoms with Gasteiger partial charge in [0.25, 0.3) is 11.8 Å². The molecule has 0 saturated carbocycles. The van der Waals surface area contributed by atoms with Gasteiger partial charge in [0.05, 0.1) is 0 Å². The molecule has 2 aliphatic rings. The highest BCUT2D eigenvalue weighted by Crippen LogP contribution is 2.37. The third-order valence-corrected chi connectivity index (χ3v) is 6.43. The number of nitrogens with one attached hydrogen (secondary N) is 1. The second-order valence-electron chi connectivity index (χ2n) is 6.68. The standard InChI is InChI=1S/C18H23N5O5S2/c1-2-3-4-5-7-28-22-12(10-9-30-18(19)20-10)14(24)21-13-15(25)23-11(17(26)27)6-8-29-16(13)23/h6,9,13,16H,2-5,7-8H2,1H3,(H2,19,20)(H,21,24)(H,26,27)/t13?,16-/m0/s1. The largest absolute Gasteiger partial charge is 0.477 e. The number of carboxylic acids is 1. The maximum absolute atomic E-state index is 12.8. The van der Waals surface area contributed by atoms with Gasteiger partial charge in [0.15, 0.2) is 10.8 Å². The number of nitrogen functional groups attached to an aromatic ring is 1. The van der Waals surface area contributed by atoms with Crippen LogP contribution in [0.25, 0.3) is 0 Å². The van der Waals surface area contributed by atoms with Crippen LogP contribution in [-0.4, -0.2) is 62.3 Å². The number of nitrogens with zero attached hydrogens (tertiary/aromatic N) is 3. The van der Waals surface area contributed by atoms with Gasteiger partial charge >= 0.3 is 5.97 Å². The van der Waals surface area contributed by atoms with Crippen LogP contribution in [0.15, 0.2) is 22.3 Å². The monoisotopic (exact) mass is 453 g/mol. The fourth-order valence-corrected chi connectivity index (χ4v) is 4.79. The minimum Gasteiger partial charge on any atom is -0.477 e. The van der Waals surface area contributed by atoms with Crippen LogP contribution in [0.1, 0.15) is 38.3 Å². The lowest BCUT2D eigenvalue weighted by atomic mass is 10.0. The number of amides is 2. The molecule has 3 heterocycles. The molecular formula is C18H23N5O5S2. The molecule has 162 valence electrons. The number of thioether (sulfide) groups is 1. The van der Waals surface area contributed by atoms with Crippen LogP contribution in [0.3, 0.4) is 0 Å². The fraction of sp³-hybridized carbons (Fsp3) is 0.500. The fourth-order valence-electron chi connectivity index (χ4n) is 3.05. The molecule has 4 N–H and O–H groups in total. The number of fused-ring (bicyclic) bond motifs is 1. The predicted molar refractivity (Wildman–Crippen MR) is 114 cm³/mol. The summed E-state index contributed by atoms with van der Waals surface area (Å²) >= 11 is 2.53. The third kappa shape index (κ3) is 4.75. The third-order valence-electron chi connectivity index (χ3n) is 4.58. The van der Waals surface area contributed by atoms with Gasteiger partial charge in [0.2, 0.25) is 0 Å². The lowest BCUT2D eigenvalue weighted by Crippen LogP contribution is -2.70. The number of rotatable bonds is 10. The van der Waals surface area contributed by atoms with E-state index in [1.807, 2.05) is 0 Å². The molecule has 3 rings (SSSR count). The van der Waals surface area contributed by atoms with Crippen LogP contribution in [0.5, 0.6) is 0 Å². The first-order valence-electron chi connectivity index (χ1n) is 9.54. The van der Waals surface area contributed by atoms with E-state index in [2.05, 4.69) is 22.4 Å². The molecule has 2 amide bonds. The number of carbonyl (C=O) groups excluding carboxylic acids is 2. The van der Waals surface area contributed by atoms with Gasteiger partial charge < -0.3 is 21.0 Å². The highest BCUT2D eigenvalue weighted by molar-refractivity contribution is 8.00. The summed E-state index contributed by atoms with van der Waals surface area (Å²) in [6.07, 6.45) is 5.48. The topological polar surface area (TPSA) is 147 Å². The van der Waals surface area contributed by atoms with E-state index < -0.39 is 29.2 Å². The van der Waals surface area contributed by atoms with E-state index in [0.717, 1.165) is 37.0 Å². The van der Waals surface area contributed by atoms with Crippen LogP contribution >= 0.6 is 23.1 Å². The minimum absolute atomic E-state index is 0.0640. The Morgan fingerprint density at radius 2 is 2.23 bits per heavy atom. The van der Waals surface area contributed by atoms with Crippen molar-refractivity contribution in [2.24, 2.45) is 5.16 Å². The van der Waals surface area contributed by atoms with Crippen molar-refractivity contribution in [1.82, 2.24) is 15.2 Å². The number of nitrogens with two attached hydrogens (primary N) is 1. The lowest BCUT2D eigenvalue weighted by Gasteiger charge is -2.48. The van der Waals surface area contributed by atoms with Gasteiger partial charge in [0, 0.05) is 11.1 Å². The molecule has 30 heavy (non-hydrogen) atoms. The number of anilines is 1. The van der Waals surface area contributed by atoms with E-state index in [9.17, 15) is 19.5 Å². The second-order valence-corrected chi connectivity index (χ2v) is 8.72. The van der Waals surface area contributed by atoms with Crippen molar-refractivity contribution < 1.29 is 24.3 Å². The second kappa shape index (κ2) is 9.94. The molecule has 1 aromatic rings. The number of aromatic nitrogens is 1. The van der Waals surface area contributed by atoms with Crippen LogP contribution in [0.2, 0.25) is 0 Å². The van der Waals surface area contributed by atoms with Crippen molar-refractivity contribution in [2.45, 2.75) is 44.0 Å². The molecule has 0 spiro atoms. The molecule has 1 unspecified atom stereocenters. The molecule has 0 aliphatic carbocycles. The zero-order chi connectivity index (χ0) is 21.7. The first kappa shape index (κ1) is 22.1. The van der Waals surface area contributed by atoms with Crippen molar-refractivity contribution in [3.63, 3.8) is 0 Å². The molecule has 2 aliphatic heterocycles.